The zero-order chi connectivity index (χ0) is 16.3. The number of ether oxygens (including phenoxy) is 1. The highest BCUT2D eigenvalue weighted by Crippen LogP contribution is 2.26. The average molecular weight is 341 g/mol. The van der Waals surface area contributed by atoms with E-state index in [9.17, 15) is 13.2 Å². The first kappa shape index (κ1) is 16.3. The third-order valence-electron chi connectivity index (χ3n) is 2.91. The molecule has 0 N–H and O–H groups in total. The van der Waals surface area contributed by atoms with E-state index < -0.39 is 16.1 Å². The number of hydrogen-bond acceptors (Lipinski definition) is 5. The van der Waals surface area contributed by atoms with E-state index >= 15 is 0 Å². The van der Waals surface area contributed by atoms with Crippen molar-refractivity contribution in [2.24, 2.45) is 0 Å². The van der Waals surface area contributed by atoms with E-state index in [1.54, 1.807) is 31.2 Å². The summed E-state index contributed by atoms with van der Waals surface area (Å²) in [6.45, 7) is 1.62. The van der Waals surface area contributed by atoms with E-state index in [1.807, 2.05) is 0 Å². The van der Waals surface area contributed by atoms with Crippen LogP contribution in [0.3, 0.4) is 0 Å². The molecule has 2 aromatic rings. The molecule has 2 rings (SSSR count). The second kappa shape index (κ2) is 6.37. The van der Waals surface area contributed by atoms with Gasteiger partial charge in [-0.3, -0.25) is 0 Å². The van der Waals surface area contributed by atoms with Crippen LogP contribution in [0.5, 0.6) is 5.75 Å². The van der Waals surface area contributed by atoms with E-state index in [-0.39, 0.29) is 21.2 Å². The number of carbonyl (C=O) groups excluding carboxylic acids is 1. The van der Waals surface area contributed by atoms with Crippen molar-refractivity contribution in [3.8, 4) is 5.75 Å². The van der Waals surface area contributed by atoms with Crippen molar-refractivity contribution < 1.29 is 22.1 Å². The van der Waals surface area contributed by atoms with Gasteiger partial charge in [0.2, 0.25) is 0 Å². The van der Waals surface area contributed by atoms with Gasteiger partial charge in [0.05, 0.1) is 7.11 Å². The number of benzene rings is 2. The maximum absolute atomic E-state index is 12.4. The molecule has 0 spiro atoms. The third-order valence-corrected chi connectivity index (χ3v) is 4.52. The SMILES string of the molecule is COC(=O)c1ccccc1OS(=O)(=O)c1cc(Cl)ccc1C. The predicted octanol–water partition coefficient (Wildman–Crippen LogP) is 3.20. The second-order valence-corrected chi connectivity index (χ2v) is 6.39. The molecule has 0 radical (unpaired) electrons. The molecule has 2 aromatic carbocycles. The molecule has 0 saturated heterocycles. The van der Waals surface area contributed by atoms with Crippen LogP contribution in [0.25, 0.3) is 0 Å². The van der Waals surface area contributed by atoms with Gasteiger partial charge < -0.3 is 8.92 Å². The largest absolute Gasteiger partial charge is 0.465 e. The predicted molar refractivity (Wildman–Crippen MR) is 81.8 cm³/mol. The second-order valence-electron chi connectivity index (χ2n) is 4.44. The van der Waals surface area contributed by atoms with E-state index in [1.165, 1.54) is 25.3 Å². The molecule has 0 bridgehead atoms. The lowest BCUT2D eigenvalue weighted by atomic mass is 10.2. The number of hydrogen-bond donors (Lipinski definition) is 0. The summed E-state index contributed by atoms with van der Waals surface area (Å²) in [6.07, 6.45) is 0. The molecule has 7 heteroatoms. The molecule has 0 aromatic heterocycles. The van der Waals surface area contributed by atoms with E-state index in [2.05, 4.69) is 4.74 Å². The minimum atomic E-state index is -4.12. The van der Waals surface area contributed by atoms with Crippen LogP contribution in [0.1, 0.15) is 15.9 Å². The number of rotatable bonds is 4. The fraction of sp³-hybridized carbons (Fsp3) is 0.133. The summed E-state index contributed by atoms with van der Waals surface area (Å²) in [7, 11) is -2.92. The van der Waals surface area contributed by atoms with Gasteiger partial charge >= 0.3 is 16.1 Å². The van der Waals surface area contributed by atoms with E-state index in [4.69, 9.17) is 15.8 Å². The van der Waals surface area contributed by atoms with Gasteiger partial charge in [0.1, 0.15) is 10.5 Å². The first-order valence-electron chi connectivity index (χ1n) is 6.23. The van der Waals surface area contributed by atoms with Gasteiger partial charge in [-0.1, -0.05) is 29.8 Å². The molecule has 5 nitrogen and oxygen atoms in total. The Morgan fingerprint density at radius 1 is 1.14 bits per heavy atom. The molecule has 0 saturated carbocycles. The Morgan fingerprint density at radius 2 is 1.82 bits per heavy atom. The van der Waals surface area contributed by atoms with Crippen LogP contribution in [-0.4, -0.2) is 21.5 Å². The number of carbonyl (C=O) groups is 1. The van der Waals surface area contributed by atoms with Gasteiger partial charge in [-0.25, -0.2) is 4.79 Å². The van der Waals surface area contributed by atoms with Gasteiger partial charge in [-0.05, 0) is 36.8 Å². The Hall–Kier alpha value is -2.05. The van der Waals surface area contributed by atoms with Crippen LogP contribution in [0.2, 0.25) is 5.02 Å². The quantitative estimate of drug-likeness (QED) is 0.631. The molecule has 0 aliphatic heterocycles. The zero-order valence-corrected chi connectivity index (χ0v) is 13.4. The lowest BCUT2D eigenvalue weighted by Crippen LogP contribution is -2.14. The van der Waals surface area contributed by atoms with Gasteiger partial charge in [-0.15, -0.1) is 0 Å². The summed E-state index contributed by atoms with van der Waals surface area (Å²) in [5.41, 5.74) is 0.508. The molecule has 22 heavy (non-hydrogen) atoms. The van der Waals surface area contributed by atoms with Crippen LogP contribution in [0.15, 0.2) is 47.4 Å². The molecule has 0 aliphatic rings. The third kappa shape index (κ3) is 3.40. The van der Waals surface area contributed by atoms with Gasteiger partial charge in [0, 0.05) is 5.02 Å². The summed E-state index contributed by atoms with van der Waals surface area (Å²) >= 11 is 5.84. The smallest absolute Gasteiger partial charge is 0.341 e. The normalized spacial score (nSPS) is 11.0. The van der Waals surface area contributed by atoms with E-state index in [0.29, 0.717) is 5.56 Å². The van der Waals surface area contributed by atoms with Crippen LogP contribution in [0, 0.1) is 6.92 Å². The monoisotopic (exact) mass is 340 g/mol. The van der Waals surface area contributed by atoms with E-state index in [0.717, 1.165) is 0 Å². The van der Waals surface area contributed by atoms with Crippen molar-refractivity contribution in [2.75, 3.05) is 7.11 Å². The first-order valence-corrected chi connectivity index (χ1v) is 8.02. The lowest BCUT2D eigenvalue weighted by Gasteiger charge is -2.12. The topological polar surface area (TPSA) is 69.7 Å². The van der Waals surface area contributed by atoms with Crippen molar-refractivity contribution >= 4 is 27.7 Å². The molecule has 0 unspecified atom stereocenters. The summed E-state index contributed by atoms with van der Waals surface area (Å²) in [5, 5.41) is 0.272. The number of esters is 1. The Kier molecular flexibility index (Phi) is 4.73. The zero-order valence-electron chi connectivity index (χ0n) is 11.9. The first-order chi connectivity index (χ1) is 10.3. The maximum atomic E-state index is 12.4. The van der Waals surface area contributed by atoms with Crippen molar-refractivity contribution in [1.82, 2.24) is 0 Å². The van der Waals surface area contributed by atoms with Crippen molar-refractivity contribution in [3.63, 3.8) is 0 Å². The van der Waals surface area contributed by atoms with Crippen molar-refractivity contribution in [3.05, 3.63) is 58.6 Å². The Labute approximate surface area is 133 Å². The molecule has 0 heterocycles. The van der Waals surface area contributed by atoms with Crippen LogP contribution in [0.4, 0.5) is 0 Å². The van der Waals surface area contributed by atoms with Gasteiger partial charge in [0.25, 0.3) is 0 Å². The summed E-state index contributed by atoms with van der Waals surface area (Å²) in [5.74, 6) is -0.789. The minimum Gasteiger partial charge on any atom is -0.465 e. The number of halogens is 1. The number of methoxy groups -OCH3 is 1. The number of para-hydroxylation sites is 1. The van der Waals surface area contributed by atoms with Gasteiger partial charge in [0.15, 0.2) is 5.75 Å². The lowest BCUT2D eigenvalue weighted by molar-refractivity contribution is 0.0599. The fourth-order valence-corrected chi connectivity index (χ4v) is 3.27. The minimum absolute atomic E-state index is 0.0215. The Balaban J connectivity index is 2.46. The highest BCUT2D eigenvalue weighted by atomic mass is 35.5. The Bertz CT molecular complexity index is 814. The Morgan fingerprint density at radius 3 is 2.50 bits per heavy atom. The summed E-state index contributed by atoms with van der Waals surface area (Å²) in [6, 6.07) is 10.4. The fourth-order valence-electron chi connectivity index (χ4n) is 1.82. The maximum Gasteiger partial charge on any atom is 0.341 e. The highest BCUT2D eigenvalue weighted by Gasteiger charge is 2.23. The number of aryl methyl sites for hydroxylation is 1. The molecule has 0 aliphatic carbocycles. The molecule has 0 amide bonds. The molecular weight excluding hydrogens is 328 g/mol. The molecule has 0 atom stereocenters. The molecule has 116 valence electrons. The van der Waals surface area contributed by atoms with Crippen LogP contribution < -0.4 is 4.18 Å². The summed E-state index contributed by atoms with van der Waals surface area (Å²) in [4.78, 5) is 11.6. The standard InChI is InChI=1S/C15H13ClO5S/c1-10-7-8-11(16)9-14(10)22(18,19)21-13-6-4-3-5-12(13)15(17)20-2/h3-9H,1-2H3. The molecular formula is C15H13ClO5S. The van der Waals surface area contributed by atoms with Gasteiger partial charge in [-0.2, -0.15) is 8.42 Å². The molecule has 0 fully saturated rings. The van der Waals surface area contributed by atoms with Crippen molar-refractivity contribution in [1.29, 1.82) is 0 Å². The highest BCUT2D eigenvalue weighted by molar-refractivity contribution is 7.87. The van der Waals surface area contributed by atoms with Crippen LogP contribution in [-0.2, 0) is 14.9 Å². The average Bonchev–Trinajstić information content (AvgIpc) is 2.49. The van der Waals surface area contributed by atoms with Crippen LogP contribution >= 0.6 is 11.6 Å². The van der Waals surface area contributed by atoms with Crippen molar-refractivity contribution in [2.45, 2.75) is 11.8 Å². The summed E-state index contributed by atoms with van der Waals surface area (Å²) < 4.78 is 34.5.